The molecule has 6 atom stereocenters. The van der Waals surface area contributed by atoms with Crippen LogP contribution in [0.2, 0.25) is 0 Å². The van der Waals surface area contributed by atoms with Crippen LogP contribution in [0.3, 0.4) is 0 Å². The lowest BCUT2D eigenvalue weighted by molar-refractivity contribution is -0.150. The molecule has 0 saturated heterocycles. The van der Waals surface area contributed by atoms with Crippen LogP contribution in [-0.4, -0.2) is 150 Å². The maximum Gasteiger partial charge on any atom is 0.327 e. The fourth-order valence-corrected chi connectivity index (χ4v) is 13.0. The number of hydrogen-bond donors (Lipinski definition) is 5. The molecule has 0 rings (SSSR count). The van der Waals surface area contributed by atoms with Gasteiger partial charge in [0.2, 0.25) is 23.6 Å². The summed E-state index contributed by atoms with van der Waals surface area (Å²) in [5.74, 6) is -2.50. The van der Waals surface area contributed by atoms with E-state index in [2.05, 4.69) is 68.0 Å². The maximum absolute atomic E-state index is 13.5. The first-order valence-corrected chi connectivity index (χ1v) is 43.3. The Hall–Kier alpha value is -3.39. The molecule has 0 saturated carbocycles. The highest BCUT2D eigenvalue weighted by molar-refractivity contribution is 7.53. The van der Waals surface area contributed by atoms with Gasteiger partial charge in [-0.15, -0.1) is 0 Å². The molecular weight excluding hydrogens is 1300 g/mol. The molecule has 21 nitrogen and oxygen atoms in total. The molecule has 0 heterocycles. The number of carbonyl (C=O) groups is 7. The highest BCUT2D eigenvalue weighted by Crippen LogP contribution is 2.44. The standard InChI is InChI=1S/C76H144N4O17P2/c1-8-13-18-23-26-29-32-37-41-46-69(82)60-74(86)79-66(62-91-56-52-68(81)45-40-35-21-16-11-4)64-95-98(6,89)93-58-54-77-72(84)50-51-73(85)78-55-59-94-99(7,90)96-65-67(80-75(87)61-70(83)47-42-38-33-30-27-24-19-14-9-2)63-92-57-53-71(48-43-36-22-17-12-5)97-76(88)49-44-39-34-31-28-25-20-15-10-3/h31,34,66-68,71,81H,8-30,32-33,35-65H2,1-7H3,(H,77,84)(H,78,85)(H,79,86)(H,80,87)/b34-31-. The van der Waals surface area contributed by atoms with Gasteiger partial charge in [0.05, 0.1) is 77.3 Å². The summed E-state index contributed by atoms with van der Waals surface area (Å²) in [6.07, 6.45) is 43.9. The van der Waals surface area contributed by atoms with Crippen LogP contribution in [-0.2, 0) is 75.0 Å². The molecule has 6 unspecified atom stereocenters. The van der Waals surface area contributed by atoms with Gasteiger partial charge in [-0.1, -0.05) is 227 Å². The van der Waals surface area contributed by atoms with E-state index in [0.29, 0.717) is 57.8 Å². The summed E-state index contributed by atoms with van der Waals surface area (Å²) in [6, 6.07) is -1.57. The first kappa shape index (κ1) is 95.6. The Morgan fingerprint density at radius 2 is 0.737 bits per heavy atom. The zero-order valence-electron chi connectivity index (χ0n) is 63.4. The van der Waals surface area contributed by atoms with Crippen molar-refractivity contribution in [2.45, 2.75) is 354 Å². The van der Waals surface area contributed by atoms with Gasteiger partial charge >= 0.3 is 21.2 Å². The summed E-state index contributed by atoms with van der Waals surface area (Å²) in [7, 11) is -7.48. The van der Waals surface area contributed by atoms with E-state index in [1.54, 1.807) is 0 Å². The fourth-order valence-electron chi connectivity index (χ4n) is 11.1. The lowest BCUT2D eigenvalue weighted by Gasteiger charge is -2.22. The van der Waals surface area contributed by atoms with E-state index in [4.69, 9.17) is 32.3 Å². The minimum Gasteiger partial charge on any atom is -0.462 e. The molecule has 0 aromatic heterocycles. The molecule has 0 aromatic carbocycles. The number of hydrogen-bond acceptors (Lipinski definition) is 17. The molecule has 580 valence electrons. The minimum atomic E-state index is -3.76. The quantitative estimate of drug-likeness (QED) is 0.0124. The van der Waals surface area contributed by atoms with E-state index < -0.39 is 57.0 Å². The molecule has 0 aromatic rings. The van der Waals surface area contributed by atoms with Gasteiger partial charge in [-0.2, -0.15) is 0 Å². The van der Waals surface area contributed by atoms with Crippen molar-refractivity contribution in [3.05, 3.63) is 12.2 Å². The molecule has 0 aliphatic carbocycles. The monoisotopic (exact) mass is 1450 g/mol. The van der Waals surface area contributed by atoms with E-state index >= 15 is 0 Å². The summed E-state index contributed by atoms with van der Waals surface area (Å²) in [5.41, 5.74) is 0. The third kappa shape index (κ3) is 66.3. The molecule has 0 fully saturated rings. The van der Waals surface area contributed by atoms with Crippen molar-refractivity contribution < 1.29 is 80.1 Å². The first-order chi connectivity index (χ1) is 47.8. The number of Topliss-reactive ketones (excluding diaryl/α,β-unsaturated/α-hetero) is 2. The van der Waals surface area contributed by atoms with Crippen LogP contribution in [0.1, 0.15) is 330 Å². The molecule has 4 amide bonds. The van der Waals surface area contributed by atoms with Crippen LogP contribution < -0.4 is 21.3 Å². The average molecular weight is 1450 g/mol. The van der Waals surface area contributed by atoms with Crippen molar-refractivity contribution in [2.75, 3.05) is 79.3 Å². The molecular formula is C76H144N4O17P2. The Balaban J connectivity index is 5.32. The summed E-state index contributed by atoms with van der Waals surface area (Å²) < 4.78 is 67.2. The lowest BCUT2D eigenvalue weighted by atomic mass is 10.0. The third-order valence-corrected chi connectivity index (χ3v) is 19.7. The Bertz CT molecular complexity index is 2160. The molecule has 23 heteroatoms. The van der Waals surface area contributed by atoms with Crippen LogP contribution in [0.5, 0.6) is 0 Å². The van der Waals surface area contributed by atoms with Gasteiger partial charge in [0.25, 0.3) is 0 Å². The number of ketones is 2. The SMILES string of the molecule is CCCCCC/C=C\CCCC(=O)OC(CCCCCCC)CCOCC(COP(C)(=O)OCCNC(=O)CCC(=O)NCCOP(C)(=O)OCC(COCCC(O)CCCCCCC)NC(=O)CC(=O)CCCCCCCCCCC)NC(=O)CC(=O)CCCCCCCCCCC. The van der Waals surface area contributed by atoms with Gasteiger partial charge in [-0.3, -0.25) is 42.7 Å². The highest BCUT2D eigenvalue weighted by atomic mass is 31.2. The lowest BCUT2D eigenvalue weighted by Crippen LogP contribution is -2.42. The molecule has 0 bridgehead atoms. The second kappa shape index (κ2) is 67.8. The van der Waals surface area contributed by atoms with Crippen LogP contribution in [0.4, 0.5) is 0 Å². The van der Waals surface area contributed by atoms with Gasteiger partial charge in [0.15, 0.2) is 0 Å². The van der Waals surface area contributed by atoms with Crippen molar-refractivity contribution in [3.63, 3.8) is 0 Å². The largest absolute Gasteiger partial charge is 0.462 e. The van der Waals surface area contributed by atoms with Gasteiger partial charge < -0.3 is 58.7 Å². The molecule has 5 N–H and O–H groups in total. The zero-order valence-corrected chi connectivity index (χ0v) is 65.2. The number of rotatable bonds is 75. The van der Waals surface area contributed by atoms with E-state index in [0.717, 1.165) is 116 Å². The first-order valence-electron chi connectivity index (χ1n) is 39.3. The van der Waals surface area contributed by atoms with E-state index in [9.17, 15) is 47.8 Å². The maximum atomic E-state index is 13.5. The number of esters is 1. The van der Waals surface area contributed by atoms with Crippen molar-refractivity contribution in [1.82, 2.24) is 21.3 Å². The van der Waals surface area contributed by atoms with Crippen molar-refractivity contribution >= 4 is 56.4 Å². The van der Waals surface area contributed by atoms with Gasteiger partial charge in [-0.05, 0) is 64.2 Å². The van der Waals surface area contributed by atoms with Crippen LogP contribution in [0.25, 0.3) is 0 Å². The zero-order chi connectivity index (χ0) is 73.1. The van der Waals surface area contributed by atoms with Crippen molar-refractivity contribution in [1.29, 1.82) is 0 Å². The van der Waals surface area contributed by atoms with Crippen molar-refractivity contribution in [2.24, 2.45) is 0 Å². The van der Waals surface area contributed by atoms with Gasteiger partial charge in [-0.25, -0.2) is 0 Å². The topological polar surface area (TPSA) is 287 Å². The Kier molecular flexibility index (Phi) is 65.4. The molecule has 99 heavy (non-hydrogen) atoms. The third-order valence-electron chi connectivity index (χ3n) is 17.2. The second-order valence-corrected chi connectivity index (χ2v) is 31.3. The highest BCUT2D eigenvalue weighted by Gasteiger charge is 2.25. The fraction of sp³-hybridized carbons (Fsp3) is 0.882. The summed E-state index contributed by atoms with van der Waals surface area (Å²) in [4.78, 5) is 90.3. The second-order valence-electron chi connectivity index (χ2n) is 27.2. The number of carbonyl (C=O) groups excluding carboxylic acids is 7. The number of unbranched alkanes of at least 4 members (excludes halogenated alkanes) is 29. The Labute approximate surface area is 600 Å². The number of ether oxygens (including phenoxy) is 3. The van der Waals surface area contributed by atoms with E-state index in [-0.39, 0.29) is 115 Å². The van der Waals surface area contributed by atoms with Crippen LogP contribution in [0.15, 0.2) is 12.2 Å². The van der Waals surface area contributed by atoms with Gasteiger partial charge in [0, 0.05) is 71.6 Å². The minimum absolute atomic E-state index is 0.0154. The van der Waals surface area contributed by atoms with Crippen LogP contribution in [0, 0.1) is 0 Å². The number of amides is 4. The predicted octanol–water partition coefficient (Wildman–Crippen LogP) is 16.9. The van der Waals surface area contributed by atoms with E-state index in [1.807, 2.05) is 0 Å². The van der Waals surface area contributed by atoms with Crippen LogP contribution >= 0.6 is 15.2 Å². The number of allylic oxidation sites excluding steroid dienone is 2. The average Bonchev–Trinajstić information content (AvgIpc) is 0.990. The number of aliphatic hydroxyl groups excluding tert-OH is 1. The molecule has 0 spiro atoms. The smallest absolute Gasteiger partial charge is 0.327 e. The van der Waals surface area contributed by atoms with E-state index in [1.165, 1.54) is 110 Å². The molecule has 0 radical (unpaired) electrons. The summed E-state index contributed by atoms with van der Waals surface area (Å²) in [5, 5.41) is 21.4. The Morgan fingerprint density at radius 3 is 1.16 bits per heavy atom. The predicted molar refractivity (Wildman–Crippen MR) is 398 cm³/mol. The Morgan fingerprint density at radius 1 is 0.374 bits per heavy atom. The summed E-state index contributed by atoms with van der Waals surface area (Å²) >= 11 is 0. The molecule has 0 aliphatic rings. The molecule has 0 aliphatic heterocycles. The van der Waals surface area contributed by atoms with Crippen molar-refractivity contribution in [3.8, 4) is 0 Å². The number of aliphatic hydroxyl groups is 1. The normalized spacial score (nSPS) is 14.1. The van der Waals surface area contributed by atoms with Gasteiger partial charge in [0.1, 0.15) is 17.7 Å². The number of nitrogens with one attached hydrogen (secondary N) is 4. The summed E-state index contributed by atoms with van der Waals surface area (Å²) in [6.45, 7) is 12.9.